The second-order valence-electron chi connectivity index (χ2n) is 20.1. The number of hydrogen-bond acceptors (Lipinski definition) is 18. The first-order valence-corrected chi connectivity index (χ1v) is 34.6. The molecule has 0 aliphatic carbocycles. The number of nitrogens with zero attached hydrogens (tertiary/aromatic N) is 4. The Labute approximate surface area is 532 Å². The van der Waals surface area contributed by atoms with Gasteiger partial charge in [-0.1, -0.05) is 24.3 Å². The molecule has 0 aliphatic heterocycles. The van der Waals surface area contributed by atoms with Crippen molar-refractivity contribution in [1.29, 1.82) is 0 Å². The van der Waals surface area contributed by atoms with E-state index in [1.165, 1.54) is 109 Å². The van der Waals surface area contributed by atoms with Crippen LogP contribution in [-0.4, -0.2) is 134 Å². The average Bonchev–Trinajstić information content (AvgIpc) is 0.747. The monoisotopic (exact) mass is 1400 g/mol. The summed E-state index contributed by atoms with van der Waals surface area (Å²) in [6, 6.07) is 29.6. The fraction of sp³-hybridized carbons (Fsp3) is 0.0345. The quantitative estimate of drug-likeness (QED) is 0.0216. The highest BCUT2D eigenvalue weighted by molar-refractivity contribution is 7.88. The van der Waals surface area contributed by atoms with Crippen LogP contribution in [0.2, 0.25) is 0 Å². The largest absolute Gasteiger partial charge is 0.493 e. The number of rotatable bonds is 18. The van der Waals surface area contributed by atoms with Crippen molar-refractivity contribution in [1.82, 2.24) is 0 Å². The number of aliphatic hydroxyl groups excluding tert-OH is 4. The second kappa shape index (κ2) is 25.4. The number of benzene rings is 9. The summed E-state index contributed by atoms with van der Waals surface area (Å²) in [6.45, 7) is 3.16. The maximum atomic E-state index is 13.4. The molecule has 30 nitrogen and oxygen atoms in total. The average molecular weight is 1400 g/mol. The minimum Gasteiger partial charge on any atom is -0.493 e. The van der Waals surface area contributed by atoms with Crippen LogP contribution in [0.4, 0.5) is 34.1 Å². The third-order valence-corrected chi connectivity index (χ3v) is 18.9. The summed E-state index contributed by atoms with van der Waals surface area (Å²) < 4.78 is 206. The maximum Gasteiger partial charge on any atom is 0.295 e. The number of anilines is 2. The van der Waals surface area contributed by atoms with Gasteiger partial charge in [-0.15, -0.1) is 0 Å². The smallest absolute Gasteiger partial charge is 0.295 e. The van der Waals surface area contributed by atoms with Crippen molar-refractivity contribution in [2.45, 2.75) is 43.2 Å². The van der Waals surface area contributed by atoms with E-state index in [4.69, 9.17) is 0 Å². The molecule has 9 rings (SSSR count). The molecule has 486 valence electrons. The van der Waals surface area contributed by atoms with Gasteiger partial charge in [0.1, 0.15) is 19.6 Å². The number of aliphatic hydroxyl groups is 4. The van der Waals surface area contributed by atoms with E-state index in [1.54, 1.807) is 13.8 Å². The van der Waals surface area contributed by atoms with E-state index in [2.05, 4.69) is 30.6 Å². The summed E-state index contributed by atoms with van der Waals surface area (Å²) in [5.41, 5.74) is 0.153. The van der Waals surface area contributed by atoms with E-state index in [1.807, 2.05) is 0 Å². The molecule has 2 amide bonds. The molecule has 0 bridgehead atoms. The summed E-state index contributed by atoms with van der Waals surface area (Å²) in [4.78, 5) is 36.3. The second-order valence-corrected chi connectivity index (χ2v) is 28.5. The number of fused-ring (bicyclic) bond motifs is 2. The zero-order chi connectivity index (χ0) is 68.9. The van der Waals surface area contributed by atoms with Crippen LogP contribution in [0.3, 0.4) is 0 Å². The van der Waals surface area contributed by atoms with Crippen LogP contribution < -0.4 is 10.6 Å². The van der Waals surface area contributed by atoms with Gasteiger partial charge >= 0.3 is 0 Å². The molecule has 12 N–H and O–H groups in total. The highest BCUT2D eigenvalue weighted by Gasteiger charge is 2.29. The lowest BCUT2D eigenvalue weighted by atomic mass is 10.1. The van der Waals surface area contributed by atoms with E-state index in [-0.39, 0.29) is 56.1 Å². The Balaban J connectivity index is 0.888. The molecule has 0 unspecified atom stereocenters. The van der Waals surface area contributed by atoms with Crippen molar-refractivity contribution in [3.8, 4) is 0 Å². The Kier molecular flexibility index (Phi) is 18.4. The van der Waals surface area contributed by atoms with Gasteiger partial charge in [0.25, 0.3) is 72.5 Å². The molecule has 36 heteroatoms. The standard InChI is InChI=1S/C58H44N6O24S6/c1-29-9-11-35(57(69)61-43-17-19-47(91(77,78)79)41-25-39(89(71,72)73)27-49(51(41)43)93(83,84)85)23-45(29)63-55(67)33-5-3-7-37(21-33)59-53(65)31-13-15-32(16-14-31)54(66)60-38-8-4-6-34(22-38)56(68)64-46-24-36(12-10-30(46)2)58(70)62-44-18-20-48(92(80,81)82)42-26-40(90(74,75)76)28-50(52(42)44)94(86,87)88/h3-28H,1-2H3,(H,59,65)(H,60,66)(H,61,69)(H,62,70)(H,63,67)(H,64,68)(H,71,72,73)(H,74,75,76)(H,77,78,79)(H,80,81,82)(H,83,84,85)(H,86,87,88). The van der Waals surface area contributed by atoms with Crippen LogP contribution in [0.1, 0.15) is 54.1 Å². The molecule has 0 aromatic heterocycles. The van der Waals surface area contributed by atoms with Crippen LogP contribution in [0.15, 0.2) is 207 Å². The van der Waals surface area contributed by atoms with Crippen LogP contribution in [0.5, 0.6) is 0 Å². The number of nitrogens with one attached hydrogen (secondary N) is 2. The SMILES string of the molecule is Cc1ccc(C(O)=Nc2ccc(S(=O)(=O)O)c3cc(S(=O)(=O)O)cc(S(=O)(=O)O)c23)cc1N=C(O)c1cccc(NC(=O)c2ccc(C(=O)Nc3cccc(C(O)=Nc4cc(C(O)=Nc5ccc(S(=O)(=O)O)c6cc(S(=O)(=O)O)cc(S(=O)(=O)O)c56)ccc4C)c3)cc2)c1. The predicted octanol–water partition coefficient (Wildman–Crippen LogP) is 9.14. The Bertz CT molecular complexity index is 5260. The van der Waals surface area contributed by atoms with Gasteiger partial charge in [-0.2, -0.15) is 50.5 Å². The number of hydrogen-bond donors (Lipinski definition) is 12. The van der Waals surface area contributed by atoms with Gasteiger partial charge in [-0.05, 0) is 158 Å². The zero-order valence-electron chi connectivity index (χ0n) is 47.4. The molecule has 0 saturated carbocycles. The van der Waals surface area contributed by atoms with E-state index in [0.29, 0.717) is 47.5 Å². The van der Waals surface area contributed by atoms with Crippen LogP contribution in [-0.2, 0) is 60.7 Å². The number of aryl methyl sites for hydroxylation is 2. The van der Waals surface area contributed by atoms with Crippen molar-refractivity contribution < 1.29 is 108 Å². The van der Waals surface area contributed by atoms with Crippen molar-refractivity contribution in [3.63, 3.8) is 0 Å². The Morgan fingerprint density at radius 1 is 0.319 bits per heavy atom. The molecule has 0 aliphatic rings. The molecule has 0 fully saturated rings. The van der Waals surface area contributed by atoms with Crippen molar-refractivity contribution in [3.05, 3.63) is 202 Å². The summed E-state index contributed by atoms with van der Waals surface area (Å²) in [5.74, 6) is -4.27. The lowest BCUT2D eigenvalue weighted by Crippen LogP contribution is -2.15. The molecule has 9 aromatic carbocycles. The summed E-state index contributed by atoms with van der Waals surface area (Å²) >= 11 is 0. The number of aliphatic imine (C=N–C) groups is 4. The highest BCUT2D eigenvalue weighted by atomic mass is 32.2. The number of carbonyl (C=O) groups is 2. The van der Waals surface area contributed by atoms with Gasteiger partial charge in [0, 0.05) is 66.3 Å². The van der Waals surface area contributed by atoms with Crippen LogP contribution >= 0.6 is 0 Å². The number of carbonyl (C=O) groups excluding carboxylic acids is 2. The van der Waals surface area contributed by atoms with E-state index < -0.39 is 158 Å². The van der Waals surface area contributed by atoms with Crippen LogP contribution in [0, 0.1) is 13.8 Å². The minimum atomic E-state index is -5.44. The summed E-state index contributed by atoms with van der Waals surface area (Å²) in [5, 5.41) is 46.9. The molecule has 0 radical (unpaired) electrons. The predicted molar refractivity (Wildman–Crippen MR) is 340 cm³/mol. The Morgan fingerprint density at radius 3 is 0.926 bits per heavy atom. The van der Waals surface area contributed by atoms with Gasteiger partial charge in [-0.25, -0.2) is 20.0 Å². The van der Waals surface area contributed by atoms with Gasteiger partial charge in [0.05, 0.1) is 32.5 Å². The highest BCUT2D eigenvalue weighted by Crippen LogP contribution is 2.41. The molecule has 0 saturated heterocycles. The molecule has 94 heavy (non-hydrogen) atoms. The zero-order valence-corrected chi connectivity index (χ0v) is 52.3. The first kappa shape index (κ1) is 68.2. The van der Waals surface area contributed by atoms with Crippen molar-refractivity contribution in [2.24, 2.45) is 20.0 Å². The normalized spacial score (nSPS) is 13.3. The molecular formula is C58H44N6O24S6. The fourth-order valence-electron chi connectivity index (χ4n) is 9.20. The topological polar surface area (TPSA) is 515 Å². The lowest BCUT2D eigenvalue weighted by molar-refractivity contribution is 0.101. The summed E-state index contributed by atoms with van der Waals surface area (Å²) in [6.07, 6.45) is 0. The third-order valence-electron chi connectivity index (χ3n) is 13.7. The molecule has 0 atom stereocenters. The molecule has 0 spiro atoms. The Hall–Kier alpha value is -10.2. The van der Waals surface area contributed by atoms with E-state index in [0.717, 1.165) is 12.1 Å². The lowest BCUT2D eigenvalue weighted by Gasteiger charge is -2.13. The van der Waals surface area contributed by atoms with Gasteiger partial charge in [0.15, 0.2) is 0 Å². The van der Waals surface area contributed by atoms with Gasteiger partial charge < -0.3 is 31.1 Å². The minimum absolute atomic E-state index is 0.0306. The van der Waals surface area contributed by atoms with Crippen molar-refractivity contribution >= 4 is 152 Å². The fourth-order valence-corrected chi connectivity index (χ4v) is 13.3. The van der Waals surface area contributed by atoms with Gasteiger partial charge in [-0.3, -0.25) is 36.9 Å². The molecule has 0 heterocycles. The number of amides is 2. The molecule has 9 aromatic rings. The van der Waals surface area contributed by atoms with Gasteiger partial charge in [0.2, 0.25) is 23.6 Å². The molecular weight excluding hydrogens is 1360 g/mol. The summed E-state index contributed by atoms with van der Waals surface area (Å²) in [7, 11) is -31.8. The maximum absolute atomic E-state index is 13.4. The van der Waals surface area contributed by atoms with Crippen LogP contribution in [0.25, 0.3) is 21.5 Å². The first-order valence-electron chi connectivity index (χ1n) is 26.0. The first-order chi connectivity index (χ1) is 43.6. The van der Waals surface area contributed by atoms with E-state index in [9.17, 15) is 108 Å². The Morgan fingerprint density at radius 2 is 0.617 bits per heavy atom. The van der Waals surface area contributed by atoms with E-state index >= 15 is 0 Å². The third kappa shape index (κ3) is 15.1. The van der Waals surface area contributed by atoms with Crippen molar-refractivity contribution in [2.75, 3.05) is 10.6 Å².